The molecule has 4 rings (SSSR count). The van der Waals surface area contributed by atoms with Gasteiger partial charge in [-0.25, -0.2) is 4.98 Å². The summed E-state index contributed by atoms with van der Waals surface area (Å²) in [7, 11) is 1.64. The minimum atomic E-state index is -0.196. The van der Waals surface area contributed by atoms with Crippen molar-refractivity contribution in [3.63, 3.8) is 0 Å². The van der Waals surface area contributed by atoms with E-state index in [1.54, 1.807) is 31.5 Å². The highest BCUT2D eigenvalue weighted by Crippen LogP contribution is 2.28. The molecule has 128 valence electrons. The number of hydrogen-bond donors (Lipinski definition) is 1. The fourth-order valence-electron chi connectivity index (χ4n) is 3.07. The molecular formula is C18H18N4O3. The molecule has 7 nitrogen and oxygen atoms in total. The quantitative estimate of drug-likeness (QED) is 0.786. The van der Waals surface area contributed by atoms with Crippen LogP contribution in [0.15, 0.2) is 42.6 Å². The minimum Gasteiger partial charge on any atom is -0.497 e. The number of methoxy groups -OCH3 is 1. The molecule has 0 saturated heterocycles. The normalized spacial score (nSPS) is 16.4. The molecule has 1 amide bonds. The lowest BCUT2D eigenvalue weighted by Crippen LogP contribution is -2.36. The molecule has 0 bridgehead atoms. The zero-order valence-corrected chi connectivity index (χ0v) is 13.8. The number of rotatable bonds is 4. The van der Waals surface area contributed by atoms with Gasteiger partial charge in [0.1, 0.15) is 23.9 Å². The molecule has 3 aromatic rings. The molecule has 0 unspecified atom stereocenters. The summed E-state index contributed by atoms with van der Waals surface area (Å²) in [5.74, 6) is 1.43. The van der Waals surface area contributed by atoms with Gasteiger partial charge in [-0.05, 0) is 24.3 Å². The Morgan fingerprint density at radius 1 is 1.40 bits per heavy atom. The fourth-order valence-corrected chi connectivity index (χ4v) is 3.07. The topological polar surface area (TPSA) is 78.3 Å². The SMILES string of the molecule is COc1ccc2c(c1)nc1n2[C@@H](CNC(=O)c2ccccn2)COC1. The van der Waals surface area contributed by atoms with Crippen molar-refractivity contribution in [3.8, 4) is 5.75 Å². The van der Waals surface area contributed by atoms with Crippen LogP contribution >= 0.6 is 0 Å². The first-order chi connectivity index (χ1) is 12.3. The molecule has 0 spiro atoms. The van der Waals surface area contributed by atoms with Gasteiger partial charge in [0.05, 0.1) is 30.8 Å². The Morgan fingerprint density at radius 3 is 3.12 bits per heavy atom. The second kappa shape index (κ2) is 6.52. The predicted molar refractivity (Wildman–Crippen MR) is 91.5 cm³/mol. The number of amides is 1. The third kappa shape index (κ3) is 2.94. The average molecular weight is 338 g/mol. The molecule has 1 aliphatic rings. The summed E-state index contributed by atoms with van der Waals surface area (Å²) in [6, 6.07) is 11.1. The predicted octanol–water partition coefficient (Wildman–Crippen LogP) is 1.94. The van der Waals surface area contributed by atoms with Crippen molar-refractivity contribution in [2.24, 2.45) is 0 Å². The Morgan fingerprint density at radius 2 is 2.32 bits per heavy atom. The van der Waals surface area contributed by atoms with Gasteiger partial charge in [0.2, 0.25) is 0 Å². The number of pyridine rings is 1. The number of nitrogens with zero attached hydrogens (tertiary/aromatic N) is 3. The first kappa shape index (κ1) is 15.6. The maximum Gasteiger partial charge on any atom is 0.269 e. The number of imidazole rings is 1. The maximum atomic E-state index is 12.2. The van der Waals surface area contributed by atoms with E-state index in [-0.39, 0.29) is 11.9 Å². The summed E-state index contributed by atoms with van der Waals surface area (Å²) < 4.78 is 13.1. The lowest BCUT2D eigenvalue weighted by atomic mass is 10.2. The molecule has 25 heavy (non-hydrogen) atoms. The molecule has 3 heterocycles. The number of nitrogens with one attached hydrogen (secondary N) is 1. The van der Waals surface area contributed by atoms with Crippen LogP contribution < -0.4 is 10.1 Å². The summed E-state index contributed by atoms with van der Waals surface area (Å²) in [6.07, 6.45) is 1.60. The third-order valence-electron chi connectivity index (χ3n) is 4.27. The van der Waals surface area contributed by atoms with Crippen LogP contribution in [0.5, 0.6) is 5.75 Å². The van der Waals surface area contributed by atoms with Crippen LogP contribution in [0.3, 0.4) is 0 Å². The van der Waals surface area contributed by atoms with E-state index in [4.69, 9.17) is 9.47 Å². The molecule has 1 aliphatic heterocycles. The highest BCUT2D eigenvalue weighted by molar-refractivity contribution is 5.92. The van der Waals surface area contributed by atoms with E-state index in [1.165, 1.54) is 0 Å². The number of aromatic nitrogens is 3. The van der Waals surface area contributed by atoms with Crippen molar-refractivity contribution in [2.75, 3.05) is 20.3 Å². The first-order valence-electron chi connectivity index (χ1n) is 8.08. The van der Waals surface area contributed by atoms with Crippen molar-refractivity contribution in [2.45, 2.75) is 12.6 Å². The van der Waals surface area contributed by atoms with Crippen LogP contribution in [0, 0.1) is 0 Å². The Kier molecular flexibility index (Phi) is 4.07. The van der Waals surface area contributed by atoms with Crippen LogP contribution in [-0.2, 0) is 11.3 Å². The monoisotopic (exact) mass is 338 g/mol. The van der Waals surface area contributed by atoms with E-state index in [0.29, 0.717) is 25.5 Å². The number of ether oxygens (including phenoxy) is 2. The van der Waals surface area contributed by atoms with E-state index in [1.807, 2.05) is 18.2 Å². The van der Waals surface area contributed by atoms with Crippen LogP contribution in [0.25, 0.3) is 11.0 Å². The molecule has 1 aromatic carbocycles. The highest BCUT2D eigenvalue weighted by Gasteiger charge is 2.24. The van der Waals surface area contributed by atoms with Crippen LogP contribution in [0.1, 0.15) is 22.4 Å². The summed E-state index contributed by atoms with van der Waals surface area (Å²) in [5, 5.41) is 2.93. The zero-order chi connectivity index (χ0) is 17.2. The summed E-state index contributed by atoms with van der Waals surface area (Å²) in [5.41, 5.74) is 2.27. The van der Waals surface area contributed by atoms with Gasteiger partial charge in [0.15, 0.2) is 0 Å². The Hall–Kier alpha value is -2.93. The fraction of sp³-hybridized carbons (Fsp3) is 0.278. The minimum absolute atomic E-state index is 0.0187. The summed E-state index contributed by atoms with van der Waals surface area (Å²) >= 11 is 0. The van der Waals surface area contributed by atoms with E-state index in [0.717, 1.165) is 22.6 Å². The maximum absolute atomic E-state index is 12.2. The van der Waals surface area contributed by atoms with Gasteiger partial charge in [-0.3, -0.25) is 9.78 Å². The molecular weight excluding hydrogens is 320 g/mol. The van der Waals surface area contributed by atoms with Crippen LogP contribution in [0.2, 0.25) is 0 Å². The molecule has 1 N–H and O–H groups in total. The molecule has 2 aromatic heterocycles. The molecule has 0 aliphatic carbocycles. The number of carbonyl (C=O) groups is 1. The largest absolute Gasteiger partial charge is 0.497 e. The number of hydrogen-bond acceptors (Lipinski definition) is 5. The summed E-state index contributed by atoms with van der Waals surface area (Å²) in [6.45, 7) is 1.43. The van der Waals surface area contributed by atoms with Gasteiger partial charge in [-0.2, -0.15) is 0 Å². The second-order valence-corrected chi connectivity index (χ2v) is 5.85. The van der Waals surface area contributed by atoms with E-state index < -0.39 is 0 Å². The standard InChI is InChI=1S/C18H18N4O3/c1-24-13-5-6-16-15(8-13)21-17-11-25-10-12(22(16)17)9-20-18(23)14-4-2-3-7-19-14/h2-8,12H,9-11H2,1H3,(H,20,23)/t12-/m0/s1. The van der Waals surface area contributed by atoms with E-state index in [9.17, 15) is 4.79 Å². The molecule has 7 heteroatoms. The van der Waals surface area contributed by atoms with E-state index in [2.05, 4.69) is 19.9 Å². The average Bonchev–Trinajstić information content (AvgIpc) is 3.04. The number of carbonyl (C=O) groups excluding carboxylic acids is 1. The van der Waals surface area contributed by atoms with Gasteiger partial charge in [0, 0.05) is 18.8 Å². The molecule has 0 radical (unpaired) electrons. The van der Waals surface area contributed by atoms with Gasteiger partial charge in [-0.15, -0.1) is 0 Å². The number of benzene rings is 1. The van der Waals surface area contributed by atoms with Crippen molar-refractivity contribution in [1.29, 1.82) is 0 Å². The highest BCUT2D eigenvalue weighted by atomic mass is 16.5. The third-order valence-corrected chi connectivity index (χ3v) is 4.27. The van der Waals surface area contributed by atoms with Gasteiger partial charge < -0.3 is 19.4 Å². The molecule has 0 saturated carbocycles. The Balaban J connectivity index is 1.58. The Bertz CT molecular complexity index is 907. The summed E-state index contributed by atoms with van der Waals surface area (Å²) in [4.78, 5) is 20.9. The van der Waals surface area contributed by atoms with E-state index >= 15 is 0 Å². The van der Waals surface area contributed by atoms with Gasteiger partial charge in [0.25, 0.3) is 5.91 Å². The Labute approximate surface area is 144 Å². The van der Waals surface area contributed by atoms with Crippen molar-refractivity contribution >= 4 is 16.9 Å². The number of fused-ring (bicyclic) bond motifs is 3. The molecule has 1 atom stereocenters. The lowest BCUT2D eigenvalue weighted by Gasteiger charge is -2.26. The van der Waals surface area contributed by atoms with Crippen LogP contribution in [-0.4, -0.2) is 40.7 Å². The first-order valence-corrected chi connectivity index (χ1v) is 8.08. The van der Waals surface area contributed by atoms with Crippen LogP contribution in [0.4, 0.5) is 0 Å². The van der Waals surface area contributed by atoms with Gasteiger partial charge in [-0.1, -0.05) is 6.07 Å². The lowest BCUT2D eigenvalue weighted by molar-refractivity contribution is 0.0552. The van der Waals surface area contributed by atoms with Crippen molar-refractivity contribution in [3.05, 3.63) is 54.1 Å². The smallest absolute Gasteiger partial charge is 0.269 e. The van der Waals surface area contributed by atoms with Gasteiger partial charge >= 0.3 is 0 Å². The van der Waals surface area contributed by atoms with Crippen molar-refractivity contribution in [1.82, 2.24) is 19.9 Å². The van der Waals surface area contributed by atoms with Crippen molar-refractivity contribution < 1.29 is 14.3 Å². The molecule has 0 fully saturated rings. The second-order valence-electron chi connectivity index (χ2n) is 5.85. The zero-order valence-electron chi connectivity index (χ0n) is 13.8.